The molecule has 0 aromatic heterocycles. The molecule has 1 aliphatic heterocycles. The largest absolute Gasteiger partial charge is 0.481 e. The van der Waals surface area contributed by atoms with E-state index in [9.17, 15) is 9.59 Å². The maximum absolute atomic E-state index is 12.6. The lowest BCUT2D eigenvalue weighted by Crippen LogP contribution is -2.29. The van der Waals surface area contributed by atoms with Crippen molar-refractivity contribution in [3.05, 3.63) is 40.3 Å². The van der Waals surface area contributed by atoms with Gasteiger partial charge in [0.25, 0.3) is 5.91 Å². The summed E-state index contributed by atoms with van der Waals surface area (Å²) in [5.74, 6) is -0.839. The maximum atomic E-state index is 12.6. The summed E-state index contributed by atoms with van der Waals surface area (Å²) >= 11 is 6.66. The monoisotopic (exact) mass is 391 g/mol. The van der Waals surface area contributed by atoms with Gasteiger partial charge < -0.3 is 5.11 Å². The smallest absolute Gasteiger partial charge is 0.303 e. The first-order valence-electron chi connectivity index (χ1n) is 8.76. The van der Waals surface area contributed by atoms with Crippen LogP contribution in [0.25, 0.3) is 6.08 Å². The summed E-state index contributed by atoms with van der Waals surface area (Å²) in [7, 11) is 0. The molecule has 1 saturated heterocycles. The summed E-state index contributed by atoms with van der Waals surface area (Å²) in [5, 5.41) is 8.65. The first-order valence-corrected chi connectivity index (χ1v) is 9.98. The van der Waals surface area contributed by atoms with Gasteiger partial charge in [-0.1, -0.05) is 75.4 Å². The van der Waals surface area contributed by atoms with Crippen molar-refractivity contribution in [3.8, 4) is 0 Å². The van der Waals surface area contributed by atoms with Gasteiger partial charge in [0.05, 0.1) is 4.91 Å². The SMILES string of the molecule is CC(C)(C)c1ccc(C=C2SC(=S)N(CCCCCC(=O)O)C2=O)cc1. The summed E-state index contributed by atoms with van der Waals surface area (Å²) in [6, 6.07) is 8.24. The standard InChI is InChI=1S/C20H25NO3S2/c1-20(2,3)15-10-8-14(9-11-15)13-16-18(24)21(19(25)26-16)12-6-4-5-7-17(22)23/h8-11,13H,4-7,12H2,1-3H3,(H,22,23). The van der Waals surface area contributed by atoms with Gasteiger partial charge in [-0.05, 0) is 35.5 Å². The lowest BCUT2D eigenvalue weighted by Gasteiger charge is -2.18. The molecule has 1 fully saturated rings. The van der Waals surface area contributed by atoms with E-state index in [1.165, 1.54) is 17.3 Å². The molecule has 0 radical (unpaired) electrons. The number of hydrogen-bond donors (Lipinski definition) is 1. The number of carboxylic acid groups (broad SMARTS) is 1. The predicted molar refractivity (Wildman–Crippen MR) is 111 cm³/mol. The number of carbonyl (C=O) groups excluding carboxylic acids is 1. The highest BCUT2D eigenvalue weighted by atomic mass is 32.2. The Labute approximate surface area is 164 Å². The number of hydrogen-bond acceptors (Lipinski definition) is 4. The molecule has 1 aromatic carbocycles. The van der Waals surface area contributed by atoms with Gasteiger partial charge >= 0.3 is 5.97 Å². The van der Waals surface area contributed by atoms with E-state index in [-0.39, 0.29) is 17.7 Å². The van der Waals surface area contributed by atoms with Gasteiger partial charge in [0.15, 0.2) is 0 Å². The third-order valence-electron chi connectivity index (χ3n) is 4.22. The van der Waals surface area contributed by atoms with Crippen LogP contribution in [-0.2, 0) is 15.0 Å². The van der Waals surface area contributed by atoms with E-state index in [0.29, 0.717) is 22.2 Å². The second-order valence-corrected chi connectivity index (χ2v) is 9.09. The van der Waals surface area contributed by atoms with Crippen LogP contribution in [-0.4, -0.2) is 32.7 Å². The van der Waals surface area contributed by atoms with Crippen molar-refractivity contribution in [2.45, 2.75) is 51.9 Å². The molecule has 0 saturated carbocycles. The molecule has 26 heavy (non-hydrogen) atoms. The van der Waals surface area contributed by atoms with E-state index in [4.69, 9.17) is 17.3 Å². The third kappa shape index (κ3) is 5.68. The Bertz CT molecular complexity index is 718. The molecule has 1 aromatic rings. The van der Waals surface area contributed by atoms with Crippen molar-refractivity contribution in [2.24, 2.45) is 0 Å². The van der Waals surface area contributed by atoms with Crippen LogP contribution in [0.2, 0.25) is 0 Å². The molecule has 6 heteroatoms. The van der Waals surface area contributed by atoms with Crippen molar-refractivity contribution < 1.29 is 14.7 Å². The van der Waals surface area contributed by atoms with Crippen molar-refractivity contribution in [1.29, 1.82) is 0 Å². The van der Waals surface area contributed by atoms with E-state index >= 15 is 0 Å². The zero-order valence-corrected chi connectivity index (χ0v) is 17.1. The summed E-state index contributed by atoms with van der Waals surface area (Å²) in [4.78, 5) is 25.4. The highest BCUT2D eigenvalue weighted by Gasteiger charge is 2.31. The number of carboxylic acids is 1. The van der Waals surface area contributed by atoms with E-state index in [1.807, 2.05) is 18.2 Å². The van der Waals surface area contributed by atoms with Crippen LogP contribution in [0, 0.1) is 0 Å². The third-order valence-corrected chi connectivity index (χ3v) is 5.60. The van der Waals surface area contributed by atoms with Gasteiger partial charge in [-0.15, -0.1) is 0 Å². The van der Waals surface area contributed by atoms with Crippen molar-refractivity contribution >= 4 is 46.3 Å². The molecule has 4 nitrogen and oxygen atoms in total. The lowest BCUT2D eigenvalue weighted by atomic mass is 9.87. The lowest BCUT2D eigenvalue weighted by molar-refractivity contribution is -0.137. The molecule has 1 aliphatic rings. The van der Waals surface area contributed by atoms with Crippen LogP contribution in [0.5, 0.6) is 0 Å². The van der Waals surface area contributed by atoms with Crippen LogP contribution < -0.4 is 0 Å². The molecule has 0 atom stereocenters. The zero-order valence-electron chi connectivity index (χ0n) is 15.4. The fourth-order valence-corrected chi connectivity index (χ4v) is 3.95. The Morgan fingerprint density at radius 2 is 1.85 bits per heavy atom. The summed E-state index contributed by atoms with van der Waals surface area (Å²) in [5.41, 5.74) is 2.34. The van der Waals surface area contributed by atoms with Crippen LogP contribution >= 0.6 is 24.0 Å². The van der Waals surface area contributed by atoms with Crippen LogP contribution in [0.1, 0.15) is 57.6 Å². The molecule has 1 N–H and O–H groups in total. The predicted octanol–water partition coefficient (Wildman–Crippen LogP) is 4.83. The Hall–Kier alpha value is -1.66. The molecule has 1 amide bonds. The minimum Gasteiger partial charge on any atom is -0.481 e. The normalized spacial score (nSPS) is 16.6. The number of thiocarbonyl (C=S) groups is 1. The molecular formula is C20H25NO3S2. The number of rotatable bonds is 7. The zero-order chi connectivity index (χ0) is 19.3. The molecule has 0 unspecified atom stereocenters. The van der Waals surface area contributed by atoms with E-state index in [2.05, 4.69) is 32.9 Å². The molecule has 2 rings (SSSR count). The summed E-state index contributed by atoms with van der Waals surface area (Å²) in [6.45, 7) is 7.06. The second-order valence-electron chi connectivity index (χ2n) is 7.41. The number of thioether (sulfide) groups is 1. The molecule has 0 aliphatic carbocycles. The van der Waals surface area contributed by atoms with Crippen LogP contribution in [0.3, 0.4) is 0 Å². The van der Waals surface area contributed by atoms with Gasteiger partial charge in [0, 0.05) is 13.0 Å². The summed E-state index contributed by atoms with van der Waals surface area (Å²) in [6.07, 6.45) is 4.21. The van der Waals surface area contributed by atoms with Gasteiger partial charge in [0.2, 0.25) is 0 Å². The number of carbonyl (C=O) groups is 2. The van der Waals surface area contributed by atoms with Crippen molar-refractivity contribution in [2.75, 3.05) is 6.54 Å². The fraction of sp³-hybridized carbons (Fsp3) is 0.450. The highest BCUT2D eigenvalue weighted by molar-refractivity contribution is 8.26. The summed E-state index contributed by atoms with van der Waals surface area (Å²) < 4.78 is 0.575. The highest BCUT2D eigenvalue weighted by Crippen LogP contribution is 2.33. The van der Waals surface area contributed by atoms with Gasteiger partial charge in [0.1, 0.15) is 4.32 Å². The fourth-order valence-electron chi connectivity index (χ4n) is 2.65. The van der Waals surface area contributed by atoms with E-state index < -0.39 is 5.97 Å². The Kier molecular flexibility index (Phi) is 7.01. The first kappa shape index (κ1) is 20.6. The number of nitrogens with zero attached hydrogens (tertiary/aromatic N) is 1. The van der Waals surface area contributed by atoms with Crippen LogP contribution in [0.4, 0.5) is 0 Å². The Morgan fingerprint density at radius 1 is 1.19 bits per heavy atom. The minimum atomic E-state index is -0.781. The van der Waals surface area contributed by atoms with Crippen molar-refractivity contribution in [1.82, 2.24) is 4.90 Å². The van der Waals surface area contributed by atoms with E-state index in [0.717, 1.165) is 18.4 Å². The first-order chi connectivity index (χ1) is 12.2. The average Bonchev–Trinajstić information content (AvgIpc) is 2.81. The number of benzene rings is 1. The number of aliphatic carboxylic acids is 1. The minimum absolute atomic E-state index is 0.0573. The van der Waals surface area contributed by atoms with Gasteiger partial charge in [-0.3, -0.25) is 14.5 Å². The average molecular weight is 392 g/mol. The molecule has 140 valence electrons. The Balaban J connectivity index is 1.97. The molecule has 0 bridgehead atoms. The van der Waals surface area contributed by atoms with Gasteiger partial charge in [-0.25, -0.2) is 0 Å². The Morgan fingerprint density at radius 3 is 2.42 bits per heavy atom. The molecule has 1 heterocycles. The molecule has 0 spiro atoms. The number of amides is 1. The van der Waals surface area contributed by atoms with E-state index in [1.54, 1.807) is 4.90 Å². The van der Waals surface area contributed by atoms with Crippen LogP contribution in [0.15, 0.2) is 29.2 Å². The van der Waals surface area contributed by atoms with Gasteiger partial charge in [-0.2, -0.15) is 0 Å². The maximum Gasteiger partial charge on any atom is 0.303 e. The number of unbranched alkanes of at least 4 members (excludes halogenated alkanes) is 2. The quantitative estimate of drug-likeness (QED) is 0.410. The topological polar surface area (TPSA) is 57.6 Å². The second kappa shape index (κ2) is 8.82. The molecular weight excluding hydrogens is 366 g/mol. The van der Waals surface area contributed by atoms with Crippen molar-refractivity contribution in [3.63, 3.8) is 0 Å².